The van der Waals surface area contributed by atoms with Crippen LogP contribution in [0.3, 0.4) is 0 Å². The molecule has 1 N–H and O–H groups in total. The van der Waals surface area contributed by atoms with Crippen molar-refractivity contribution < 1.29 is 5.11 Å². The van der Waals surface area contributed by atoms with E-state index < -0.39 is 0 Å². The average molecular weight is 276 g/mol. The highest BCUT2D eigenvalue weighted by molar-refractivity contribution is 5.08. The van der Waals surface area contributed by atoms with Crippen LogP contribution in [0.4, 0.5) is 0 Å². The highest BCUT2D eigenvalue weighted by atomic mass is 16.3. The summed E-state index contributed by atoms with van der Waals surface area (Å²) in [5.74, 6) is 3.76. The first-order chi connectivity index (χ1) is 9.56. The maximum atomic E-state index is 10.5. The van der Waals surface area contributed by atoms with Gasteiger partial charge in [-0.3, -0.25) is 0 Å². The van der Waals surface area contributed by atoms with E-state index in [1.54, 1.807) is 0 Å². The molecule has 4 aliphatic rings. The van der Waals surface area contributed by atoms with Gasteiger partial charge in [0, 0.05) is 0 Å². The summed E-state index contributed by atoms with van der Waals surface area (Å²) in [5.41, 5.74) is 0.912. The summed E-state index contributed by atoms with van der Waals surface area (Å²) in [6, 6.07) is 0. The average Bonchev–Trinajstić information content (AvgIpc) is 2.74. The van der Waals surface area contributed by atoms with Gasteiger partial charge >= 0.3 is 0 Å². The molecule has 4 fully saturated rings. The minimum atomic E-state index is -0.00895. The maximum absolute atomic E-state index is 10.5. The Morgan fingerprint density at radius 1 is 0.750 bits per heavy atom. The van der Waals surface area contributed by atoms with Gasteiger partial charge in [0.15, 0.2) is 0 Å². The number of hydrogen-bond acceptors (Lipinski definition) is 1. The van der Waals surface area contributed by atoms with Gasteiger partial charge in [-0.05, 0) is 85.9 Å². The van der Waals surface area contributed by atoms with Gasteiger partial charge in [0.25, 0.3) is 0 Å². The fraction of sp³-hybridized carbons (Fsp3) is 1.00. The van der Waals surface area contributed by atoms with Gasteiger partial charge in [0.05, 0.1) is 6.10 Å². The first-order valence-corrected chi connectivity index (χ1v) is 9.24. The SMILES string of the molecule is C[C@]12CCCC[C@@H]1CC[C@H]1C3CC[C@H](O)[C@@]3(C)CC[C@@H]12. The lowest BCUT2D eigenvalue weighted by molar-refractivity contribution is -0.120. The minimum Gasteiger partial charge on any atom is -0.393 e. The van der Waals surface area contributed by atoms with Gasteiger partial charge in [0.1, 0.15) is 0 Å². The third-order valence-corrected chi connectivity index (χ3v) is 8.53. The molecule has 114 valence electrons. The summed E-state index contributed by atoms with van der Waals surface area (Å²) in [4.78, 5) is 0. The molecule has 0 spiro atoms. The van der Waals surface area contributed by atoms with Crippen molar-refractivity contribution in [1.82, 2.24) is 0 Å². The van der Waals surface area contributed by atoms with E-state index in [2.05, 4.69) is 13.8 Å². The van der Waals surface area contributed by atoms with Gasteiger partial charge in [-0.15, -0.1) is 0 Å². The molecular weight excluding hydrogens is 244 g/mol. The number of hydrogen-bond donors (Lipinski definition) is 1. The first kappa shape index (κ1) is 13.6. The molecule has 4 saturated carbocycles. The summed E-state index contributed by atoms with van der Waals surface area (Å²) in [5, 5.41) is 10.5. The van der Waals surface area contributed by atoms with Gasteiger partial charge in [0.2, 0.25) is 0 Å². The number of fused-ring (bicyclic) bond motifs is 5. The molecule has 0 amide bonds. The maximum Gasteiger partial charge on any atom is 0.0596 e. The molecule has 0 radical (unpaired) electrons. The predicted octanol–water partition coefficient (Wildman–Crippen LogP) is 4.78. The first-order valence-electron chi connectivity index (χ1n) is 9.24. The molecule has 0 aromatic heterocycles. The van der Waals surface area contributed by atoms with Crippen LogP contribution in [0, 0.1) is 34.5 Å². The van der Waals surface area contributed by atoms with E-state index in [4.69, 9.17) is 0 Å². The zero-order valence-corrected chi connectivity index (χ0v) is 13.4. The Labute approximate surface area is 124 Å². The van der Waals surface area contributed by atoms with Crippen LogP contribution in [0.2, 0.25) is 0 Å². The quantitative estimate of drug-likeness (QED) is 0.675. The van der Waals surface area contributed by atoms with Crippen LogP contribution in [0.1, 0.15) is 78.1 Å². The van der Waals surface area contributed by atoms with E-state index in [-0.39, 0.29) is 11.5 Å². The van der Waals surface area contributed by atoms with E-state index in [0.717, 1.165) is 30.1 Å². The molecular formula is C19H32O. The van der Waals surface area contributed by atoms with Crippen molar-refractivity contribution in [1.29, 1.82) is 0 Å². The second kappa shape index (κ2) is 4.48. The molecule has 1 nitrogen and oxygen atoms in total. The fourth-order valence-corrected chi connectivity index (χ4v) is 7.27. The Balaban J connectivity index is 1.64. The topological polar surface area (TPSA) is 20.2 Å². The van der Waals surface area contributed by atoms with Crippen molar-refractivity contribution >= 4 is 0 Å². The van der Waals surface area contributed by atoms with Crippen LogP contribution in [0.5, 0.6) is 0 Å². The highest BCUT2D eigenvalue weighted by Crippen LogP contribution is 2.66. The monoisotopic (exact) mass is 276 g/mol. The normalized spacial score (nSPS) is 58.6. The van der Waals surface area contributed by atoms with Crippen molar-refractivity contribution in [3.63, 3.8) is 0 Å². The van der Waals surface area contributed by atoms with Gasteiger partial charge in [-0.25, -0.2) is 0 Å². The second-order valence-electron chi connectivity index (χ2n) is 9.04. The Morgan fingerprint density at radius 2 is 1.55 bits per heavy atom. The van der Waals surface area contributed by atoms with E-state index in [1.165, 1.54) is 57.8 Å². The van der Waals surface area contributed by atoms with Gasteiger partial charge < -0.3 is 5.11 Å². The van der Waals surface area contributed by atoms with Crippen LogP contribution in [-0.2, 0) is 0 Å². The molecule has 0 aromatic rings. The molecule has 4 aliphatic carbocycles. The summed E-state index contributed by atoms with van der Waals surface area (Å²) >= 11 is 0. The number of aliphatic hydroxyl groups is 1. The van der Waals surface area contributed by atoms with Crippen LogP contribution in [0.25, 0.3) is 0 Å². The summed E-state index contributed by atoms with van der Waals surface area (Å²) < 4.78 is 0. The molecule has 1 unspecified atom stereocenters. The molecule has 1 heteroatoms. The van der Waals surface area contributed by atoms with E-state index in [9.17, 15) is 5.11 Å². The molecule has 20 heavy (non-hydrogen) atoms. The molecule has 4 rings (SSSR count). The van der Waals surface area contributed by atoms with Gasteiger partial charge in [-0.1, -0.05) is 26.7 Å². The standard InChI is InChI=1S/C19H32O/c1-18-11-4-3-5-13(18)6-7-14-15-8-9-17(20)19(15,2)12-10-16(14)18/h13-17,20H,3-12H2,1-2H3/t13-,14+,15?,16+,17+,18+,19+/m1/s1. The summed E-state index contributed by atoms with van der Waals surface area (Å²) in [6.45, 7) is 5.04. The van der Waals surface area contributed by atoms with Crippen LogP contribution in [-0.4, -0.2) is 11.2 Å². The van der Waals surface area contributed by atoms with E-state index >= 15 is 0 Å². The Hall–Kier alpha value is -0.0400. The number of rotatable bonds is 0. The minimum absolute atomic E-state index is 0.00895. The Morgan fingerprint density at radius 3 is 2.40 bits per heavy atom. The fourth-order valence-electron chi connectivity index (χ4n) is 7.27. The molecule has 0 heterocycles. The lowest BCUT2D eigenvalue weighted by Gasteiger charge is -2.60. The third kappa shape index (κ3) is 1.65. The zero-order valence-electron chi connectivity index (χ0n) is 13.4. The summed E-state index contributed by atoms with van der Waals surface area (Å²) in [6.07, 6.45) is 14.0. The van der Waals surface area contributed by atoms with E-state index in [1.807, 2.05) is 0 Å². The van der Waals surface area contributed by atoms with Crippen molar-refractivity contribution in [2.45, 2.75) is 84.2 Å². The molecule has 0 saturated heterocycles. The van der Waals surface area contributed by atoms with Crippen molar-refractivity contribution in [2.24, 2.45) is 34.5 Å². The second-order valence-corrected chi connectivity index (χ2v) is 9.04. The zero-order chi connectivity index (χ0) is 14.0. The Bertz CT molecular complexity index is 391. The van der Waals surface area contributed by atoms with Crippen molar-refractivity contribution in [3.8, 4) is 0 Å². The van der Waals surface area contributed by atoms with Crippen molar-refractivity contribution in [3.05, 3.63) is 0 Å². The molecule has 0 aliphatic heterocycles. The largest absolute Gasteiger partial charge is 0.393 e. The molecule has 0 aromatic carbocycles. The van der Waals surface area contributed by atoms with Crippen LogP contribution < -0.4 is 0 Å². The molecule has 0 bridgehead atoms. The smallest absolute Gasteiger partial charge is 0.0596 e. The van der Waals surface area contributed by atoms with Crippen LogP contribution >= 0.6 is 0 Å². The van der Waals surface area contributed by atoms with Crippen molar-refractivity contribution in [2.75, 3.05) is 0 Å². The Kier molecular flexibility index (Phi) is 3.05. The molecule has 7 atom stereocenters. The lowest BCUT2D eigenvalue weighted by Crippen LogP contribution is -2.53. The van der Waals surface area contributed by atoms with Crippen LogP contribution in [0.15, 0.2) is 0 Å². The third-order valence-electron chi connectivity index (χ3n) is 8.53. The van der Waals surface area contributed by atoms with E-state index in [0.29, 0.717) is 5.41 Å². The predicted molar refractivity (Wildman–Crippen MR) is 82.4 cm³/mol. The highest BCUT2D eigenvalue weighted by Gasteiger charge is 2.59. The summed E-state index contributed by atoms with van der Waals surface area (Å²) in [7, 11) is 0. The number of aliphatic hydroxyl groups excluding tert-OH is 1. The van der Waals surface area contributed by atoms with Gasteiger partial charge in [-0.2, -0.15) is 0 Å². The lowest BCUT2D eigenvalue weighted by atomic mass is 9.45.